The Morgan fingerprint density at radius 2 is 1.82 bits per heavy atom. The molecule has 0 saturated carbocycles. The minimum atomic E-state index is -0.0803. The third-order valence-electron chi connectivity index (χ3n) is 6.90. The predicted molar refractivity (Wildman–Crippen MR) is 141 cm³/mol. The van der Waals surface area contributed by atoms with Crippen LogP contribution in [0, 0.1) is 23.6 Å². The first-order valence-electron chi connectivity index (χ1n) is 13.5. The third-order valence-corrected chi connectivity index (χ3v) is 6.90. The molecule has 0 N–H and O–H groups in total. The van der Waals surface area contributed by atoms with E-state index in [0.717, 1.165) is 68.6 Å². The second kappa shape index (κ2) is 14.8. The molecule has 4 heteroatoms. The third kappa shape index (κ3) is 8.72. The Morgan fingerprint density at radius 1 is 1.09 bits per heavy atom. The monoisotopic (exact) mass is 460 g/mol. The Kier molecular flexibility index (Phi) is 12.5. The van der Waals surface area contributed by atoms with Gasteiger partial charge in [0, 0.05) is 57.2 Å². The van der Waals surface area contributed by atoms with Crippen molar-refractivity contribution in [3.05, 3.63) is 35.7 Å². The normalized spacial score (nSPS) is 21.4. The lowest BCUT2D eigenvalue weighted by Gasteiger charge is -2.38. The Labute approximate surface area is 203 Å². The summed E-state index contributed by atoms with van der Waals surface area (Å²) in [4.78, 5) is 5.01. The Hall–Kier alpha value is -1.39. The maximum absolute atomic E-state index is 15.1. The number of benzene rings is 1. The zero-order chi connectivity index (χ0) is 24.2. The molecule has 2 atom stereocenters. The van der Waals surface area contributed by atoms with Crippen LogP contribution < -0.4 is 4.90 Å². The highest BCUT2D eigenvalue weighted by atomic mass is 19.1. The summed E-state index contributed by atoms with van der Waals surface area (Å²) in [5, 5.41) is 0. The van der Waals surface area contributed by atoms with Gasteiger partial charge in [0.25, 0.3) is 0 Å². The molecule has 2 fully saturated rings. The highest BCUT2D eigenvalue weighted by molar-refractivity contribution is 5.77. The van der Waals surface area contributed by atoms with Crippen LogP contribution in [0.3, 0.4) is 0 Å². The molecule has 0 bridgehead atoms. The summed E-state index contributed by atoms with van der Waals surface area (Å²) < 4.78 is 20.7. The van der Waals surface area contributed by atoms with Gasteiger partial charge in [0.1, 0.15) is 5.82 Å². The minimum absolute atomic E-state index is 0.0803. The number of hydrogen-bond donors (Lipinski definition) is 0. The number of nitrogens with zero attached hydrogens (tertiary/aromatic N) is 2. The molecule has 0 radical (unpaired) electrons. The Balaban J connectivity index is 0.00000187. The summed E-state index contributed by atoms with van der Waals surface area (Å²) in [7, 11) is 0. The van der Waals surface area contributed by atoms with Crippen LogP contribution >= 0.6 is 0 Å². The van der Waals surface area contributed by atoms with E-state index >= 15 is 4.39 Å². The van der Waals surface area contributed by atoms with Crippen molar-refractivity contribution in [2.45, 2.75) is 73.6 Å². The van der Waals surface area contributed by atoms with E-state index < -0.39 is 0 Å². The van der Waals surface area contributed by atoms with Crippen molar-refractivity contribution in [3.63, 3.8) is 0 Å². The van der Waals surface area contributed by atoms with E-state index in [1.54, 1.807) is 6.07 Å². The fourth-order valence-electron chi connectivity index (χ4n) is 5.41. The highest BCUT2D eigenvalue weighted by Gasteiger charge is 2.24. The maximum Gasteiger partial charge on any atom is 0.132 e. The molecule has 0 spiro atoms. The molecule has 2 unspecified atom stereocenters. The van der Waals surface area contributed by atoms with Crippen molar-refractivity contribution in [1.82, 2.24) is 4.90 Å². The van der Waals surface area contributed by atoms with Gasteiger partial charge in [-0.05, 0) is 74.5 Å². The van der Waals surface area contributed by atoms with E-state index in [9.17, 15) is 0 Å². The number of anilines is 1. The predicted octanol–water partition coefficient (Wildman–Crippen LogP) is 7.27. The number of ether oxygens (including phenoxy) is 1. The molecule has 1 aromatic rings. The van der Waals surface area contributed by atoms with Crippen LogP contribution in [0.5, 0.6) is 0 Å². The van der Waals surface area contributed by atoms with E-state index in [-0.39, 0.29) is 5.82 Å². The lowest BCUT2D eigenvalue weighted by atomic mass is 9.88. The van der Waals surface area contributed by atoms with Gasteiger partial charge in [-0.2, -0.15) is 0 Å². The maximum atomic E-state index is 15.1. The van der Waals surface area contributed by atoms with Gasteiger partial charge < -0.3 is 9.64 Å². The van der Waals surface area contributed by atoms with E-state index in [2.05, 4.69) is 49.6 Å². The SMILES string of the molecule is C/C=C(\CC(C)CC(C)C)c1c(F)cccc1N1CCN(CC2CCCOCC2)CC1.CC. The molecular weight excluding hydrogens is 411 g/mol. The molecule has 0 amide bonds. The number of hydrogen-bond acceptors (Lipinski definition) is 3. The van der Waals surface area contributed by atoms with Crippen LogP contribution in [0.4, 0.5) is 10.1 Å². The van der Waals surface area contributed by atoms with Crippen LogP contribution in [0.1, 0.15) is 79.2 Å². The molecule has 0 aromatic heterocycles. The van der Waals surface area contributed by atoms with Gasteiger partial charge in [0.05, 0.1) is 0 Å². The van der Waals surface area contributed by atoms with E-state index in [4.69, 9.17) is 4.74 Å². The van der Waals surface area contributed by atoms with E-state index in [1.165, 1.54) is 32.2 Å². The standard InChI is InChI=1S/C27H43FN2O.C2H6/c1-5-24(19-22(4)18-21(2)3)27-25(28)9-6-10-26(27)30-14-12-29(13-15-30)20-23-8-7-16-31-17-11-23;1-2/h5-6,9-10,21-23H,7-8,11-20H2,1-4H3;1-2H3/b24-5+;. The van der Waals surface area contributed by atoms with Crippen molar-refractivity contribution >= 4 is 11.3 Å². The fourth-order valence-corrected chi connectivity index (χ4v) is 5.41. The van der Waals surface area contributed by atoms with Crippen LogP contribution in [0.25, 0.3) is 5.57 Å². The van der Waals surface area contributed by atoms with Gasteiger partial charge >= 0.3 is 0 Å². The Bertz CT molecular complexity index is 702. The lowest BCUT2D eigenvalue weighted by molar-refractivity contribution is 0.137. The van der Waals surface area contributed by atoms with Gasteiger partial charge in [-0.15, -0.1) is 0 Å². The van der Waals surface area contributed by atoms with E-state index in [0.29, 0.717) is 11.8 Å². The summed E-state index contributed by atoms with van der Waals surface area (Å²) in [6, 6.07) is 5.62. The Morgan fingerprint density at radius 3 is 2.48 bits per heavy atom. The molecular formula is C29H49FN2O. The van der Waals surface area contributed by atoms with E-state index in [1.807, 2.05) is 19.9 Å². The van der Waals surface area contributed by atoms with Crippen LogP contribution in [-0.2, 0) is 4.74 Å². The first-order valence-corrected chi connectivity index (χ1v) is 13.5. The largest absolute Gasteiger partial charge is 0.381 e. The van der Waals surface area contributed by atoms with Crippen LogP contribution in [0.2, 0.25) is 0 Å². The number of piperazine rings is 1. The fraction of sp³-hybridized carbons (Fsp3) is 0.724. The van der Waals surface area contributed by atoms with Crippen molar-refractivity contribution in [2.24, 2.45) is 17.8 Å². The summed E-state index contributed by atoms with van der Waals surface area (Å²) >= 11 is 0. The topological polar surface area (TPSA) is 15.7 Å². The molecule has 2 aliphatic rings. The second-order valence-electron chi connectivity index (χ2n) is 10.1. The van der Waals surface area contributed by atoms with Crippen molar-refractivity contribution in [1.29, 1.82) is 0 Å². The van der Waals surface area contributed by atoms with Gasteiger partial charge in [-0.1, -0.05) is 46.8 Å². The van der Waals surface area contributed by atoms with Gasteiger partial charge in [-0.25, -0.2) is 4.39 Å². The minimum Gasteiger partial charge on any atom is -0.381 e. The molecule has 33 heavy (non-hydrogen) atoms. The quantitative estimate of drug-likeness (QED) is 0.406. The molecule has 2 saturated heterocycles. The number of halogens is 1. The van der Waals surface area contributed by atoms with Gasteiger partial charge in [0.15, 0.2) is 0 Å². The molecule has 3 rings (SSSR count). The van der Waals surface area contributed by atoms with Crippen molar-refractivity contribution in [3.8, 4) is 0 Å². The number of rotatable bonds is 8. The van der Waals surface area contributed by atoms with Gasteiger partial charge in [0.2, 0.25) is 0 Å². The molecule has 2 aliphatic heterocycles. The van der Waals surface area contributed by atoms with Crippen LogP contribution in [-0.4, -0.2) is 50.8 Å². The van der Waals surface area contributed by atoms with Gasteiger partial charge in [-0.3, -0.25) is 4.90 Å². The van der Waals surface area contributed by atoms with Crippen molar-refractivity contribution < 1.29 is 9.13 Å². The van der Waals surface area contributed by atoms with Crippen molar-refractivity contribution in [2.75, 3.05) is 50.8 Å². The lowest BCUT2D eigenvalue weighted by Crippen LogP contribution is -2.48. The molecule has 2 heterocycles. The summed E-state index contributed by atoms with van der Waals surface area (Å²) in [6.45, 7) is 20.0. The zero-order valence-electron chi connectivity index (χ0n) is 22.2. The second-order valence-corrected chi connectivity index (χ2v) is 10.1. The molecule has 0 aliphatic carbocycles. The molecule has 3 nitrogen and oxygen atoms in total. The van der Waals surface area contributed by atoms with Crippen LogP contribution in [0.15, 0.2) is 24.3 Å². The smallest absolute Gasteiger partial charge is 0.132 e. The average molecular weight is 461 g/mol. The molecule has 188 valence electrons. The zero-order valence-corrected chi connectivity index (χ0v) is 22.2. The summed E-state index contributed by atoms with van der Waals surface area (Å²) in [6.07, 6.45) is 7.90. The number of allylic oxidation sites excluding steroid dienone is 2. The highest BCUT2D eigenvalue weighted by Crippen LogP contribution is 2.35. The molecule has 1 aromatic carbocycles. The summed E-state index contributed by atoms with van der Waals surface area (Å²) in [5.74, 6) is 1.90. The first-order chi connectivity index (χ1) is 16.0. The average Bonchev–Trinajstić information content (AvgIpc) is 3.08. The first kappa shape index (κ1) is 27.9. The summed E-state index contributed by atoms with van der Waals surface area (Å²) in [5.41, 5.74) is 3.06.